The van der Waals surface area contributed by atoms with Gasteiger partial charge >= 0.3 is 5.97 Å². The lowest BCUT2D eigenvalue weighted by Gasteiger charge is -2.24. The highest BCUT2D eigenvalue weighted by molar-refractivity contribution is 5.99. The van der Waals surface area contributed by atoms with Gasteiger partial charge in [-0.2, -0.15) is 0 Å². The van der Waals surface area contributed by atoms with E-state index in [1.54, 1.807) is 18.2 Å². The predicted octanol–water partition coefficient (Wildman–Crippen LogP) is 4.01. The van der Waals surface area contributed by atoms with Crippen LogP contribution in [0.4, 0.5) is 17.1 Å². The lowest BCUT2D eigenvalue weighted by Crippen LogP contribution is -2.14. The maximum Gasteiger partial charge on any atom is 0.337 e. The van der Waals surface area contributed by atoms with Crippen molar-refractivity contribution in [1.82, 2.24) is 0 Å². The molecule has 0 aliphatic rings. The second-order valence-electron chi connectivity index (χ2n) is 6.00. The Kier molecular flexibility index (Phi) is 3.89. The van der Waals surface area contributed by atoms with Crippen LogP contribution in [0, 0.1) is 0 Å². The number of rotatable bonds is 3. The van der Waals surface area contributed by atoms with Crippen molar-refractivity contribution in [2.24, 2.45) is 0 Å². The zero-order valence-electron chi connectivity index (χ0n) is 12.5. The van der Waals surface area contributed by atoms with Crippen molar-refractivity contribution < 1.29 is 9.90 Å². The third-order valence-electron chi connectivity index (χ3n) is 3.32. The molecule has 2 aromatic rings. The van der Waals surface area contributed by atoms with E-state index in [0.29, 0.717) is 11.4 Å². The number of aromatic carboxylic acids is 1. The van der Waals surface area contributed by atoms with Crippen molar-refractivity contribution in [3.05, 3.63) is 53.6 Å². The quantitative estimate of drug-likeness (QED) is 0.744. The van der Waals surface area contributed by atoms with Crippen LogP contribution in [-0.4, -0.2) is 11.1 Å². The molecule has 0 unspecified atom stereocenters. The van der Waals surface area contributed by atoms with Gasteiger partial charge in [0.1, 0.15) is 0 Å². The van der Waals surface area contributed by atoms with E-state index in [0.717, 1.165) is 11.3 Å². The van der Waals surface area contributed by atoms with Crippen molar-refractivity contribution in [2.45, 2.75) is 26.2 Å². The molecular formula is C17H20N2O2. The van der Waals surface area contributed by atoms with Gasteiger partial charge in [0.2, 0.25) is 0 Å². The van der Waals surface area contributed by atoms with Crippen molar-refractivity contribution in [1.29, 1.82) is 0 Å². The van der Waals surface area contributed by atoms with Crippen LogP contribution >= 0.6 is 0 Å². The maximum absolute atomic E-state index is 11.4. The smallest absolute Gasteiger partial charge is 0.337 e. The molecule has 110 valence electrons. The minimum Gasteiger partial charge on any atom is -0.478 e. The Hall–Kier alpha value is -2.49. The molecule has 0 saturated heterocycles. The number of carbonyl (C=O) groups is 1. The van der Waals surface area contributed by atoms with Gasteiger partial charge in [-0.05, 0) is 29.2 Å². The number of para-hydroxylation sites is 2. The highest BCUT2D eigenvalue weighted by Gasteiger charge is 2.19. The molecule has 2 aromatic carbocycles. The fraction of sp³-hybridized carbons (Fsp3) is 0.235. The number of carboxylic acid groups (broad SMARTS) is 1. The van der Waals surface area contributed by atoms with Crippen LogP contribution in [0.1, 0.15) is 36.7 Å². The largest absolute Gasteiger partial charge is 0.478 e. The molecule has 0 amide bonds. The summed E-state index contributed by atoms with van der Waals surface area (Å²) in [7, 11) is 0. The van der Waals surface area contributed by atoms with Crippen molar-refractivity contribution in [3.63, 3.8) is 0 Å². The molecule has 0 saturated carbocycles. The summed E-state index contributed by atoms with van der Waals surface area (Å²) < 4.78 is 0. The molecule has 0 aliphatic carbocycles. The summed E-state index contributed by atoms with van der Waals surface area (Å²) in [5, 5.41) is 12.5. The van der Waals surface area contributed by atoms with Crippen LogP contribution in [0.2, 0.25) is 0 Å². The van der Waals surface area contributed by atoms with Crippen LogP contribution < -0.4 is 11.1 Å². The highest BCUT2D eigenvalue weighted by Crippen LogP contribution is 2.34. The molecule has 2 rings (SSSR count). The Labute approximate surface area is 124 Å². The number of carboxylic acids is 1. The average molecular weight is 284 g/mol. The van der Waals surface area contributed by atoms with Gasteiger partial charge in [-0.25, -0.2) is 4.79 Å². The normalized spacial score (nSPS) is 11.2. The molecule has 0 bridgehead atoms. The van der Waals surface area contributed by atoms with E-state index in [-0.39, 0.29) is 11.0 Å². The average Bonchev–Trinajstić information content (AvgIpc) is 2.40. The first kappa shape index (κ1) is 14.9. The molecule has 0 fully saturated rings. The van der Waals surface area contributed by atoms with Gasteiger partial charge in [-0.3, -0.25) is 0 Å². The molecule has 0 aromatic heterocycles. The lowest BCUT2D eigenvalue weighted by atomic mass is 9.85. The summed E-state index contributed by atoms with van der Waals surface area (Å²) in [6, 6.07) is 12.7. The first-order valence-electron chi connectivity index (χ1n) is 6.79. The maximum atomic E-state index is 11.4. The first-order valence-corrected chi connectivity index (χ1v) is 6.79. The van der Waals surface area contributed by atoms with Gasteiger partial charge in [0.15, 0.2) is 0 Å². The van der Waals surface area contributed by atoms with E-state index in [4.69, 9.17) is 5.73 Å². The summed E-state index contributed by atoms with van der Waals surface area (Å²) in [5.41, 5.74) is 8.86. The number of hydrogen-bond donors (Lipinski definition) is 3. The zero-order chi connectivity index (χ0) is 15.6. The number of nitrogens with one attached hydrogen (secondary N) is 1. The van der Waals surface area contributed by atoms with Gasteiger partial charge in [0, 0.05) is 5.69 Å². The standard InChI is InChI=1S/C17H20N2O2/c1-17(2,3)12-8-4-5-10-14(12)19-15-11(16(20)21)7-6-9-13(15)18/h4-10,19H,18H2,1-3H3,(H,20,21). The van der Waals surface area contributed by atoms with E-state index in [1.165, 1.54) is 0 Å². The van der Waals surface area contributed by atoms with Gasteiger partial charge in [-0.1, -0.05) is 45.0 Å². The molecule has 0 atom stereocenters. The van der Waals surface area contributed by atoms with Crippen LogP contribution in [-0.2, 0) is 5.41 Å². The number of anilines is 3. The topological polar surface area (TPSA) is 75.3 Å². The van der Waals surface area contributed by atoms with Gasteiger partial charge in [-0.15, -0.1) is 0 Å². The third kappa shape index (κ3) is 3.16. The second-order valence-corrected chi connectivity index (χ2v) is 6.00. The van der Waals surface area contributed by atoms with E-state index >= 15 is 0 Å². The molecule has 0 spiro atoms. The summed E-state index contributed by atoms with van der Waals surface area (Å²) in [4.78, 5) is 11.4. The van der Waals surface area contributed by atoms with E-state index in [9.17, 15) is 9.90 Å². The predicted molar refractivity (Wildman–Crippen MR) is 86.2 cm³/mol. The third-order valence-corrected chi connectivity index (χ3v) is 3.32. The van der Waals surface area contributed by atoms with E-state index < -0.39 is 5.97 Å². The van der Waals surface area contributed by atoms with Crippen LogP contribution in [0.5, 0.6) is 0 Å². The summed E-state index contributed by atoms with van der Waals surface area (Å²) >= 11 is 0. The van der Waals surface area contributed by atoms with E-state index in [1.807, 2.05) is 24.3 Å². The fourth-order valence-corrected chi connectivity index (χ4v) is 2.27. The van der Waals surface area contributed by atoms with Crippen molar-refractivity contribution >= 4 is 23.0 Å². The van der Waals surface area contributed by atoms with Crippen molar-refractivity contribution in [3.8, 4) is 0 Å². The van der Waals surface area contributed by atoms with Crippen LogP contribution in [0.3, 0.4) is 0 Å². The Balaban J connectivity index is 2.52. The Morgan fingerprint density at radius 2 is 1.76 bits per heavy atom. The second kappa shape index (κ2) is 5.48. The Morgan fingerprint density at radius 1 is 1.10 bits per heavy atom. The highest BCUT2D eigenvalue weighted by atomic mass is 16.4. The van der Waals surface area contributed by atoms with Crippen LogP contribution in [0.25, 0.3) is 0 Å². The SMILES string of the molecule is CC(C)(C)c1ccccc1Nc1c(N)cccc1C(=O)O. The minimum atomic E-state index is -1.00. The minimum absolute atomic E-state index is 0.0590. The number of benzene rings is 2. The molecule has 4 N–H and O–H groups in total. The molecule has 4 nitrogen and oxygen atoms in total. The molecule has 4 heteroatoms. The molecular weight excluding hydrogens is 264 g/mol. The van der Waals surface area contributed by atoms with E-state index in [2.05, 4.69) is 26.1 Å². The first-order chi connectivity index (χ1) is 9.80. The van der Waals surface area contributed by atoms with Crippen LogP contribution in [0.15, 0.2) is 42.5 Å². The van der Waals surface area contributed by atoms with Crippen molar-refractivity contribution in [2.75, 3.05) is 11.1 Å². The number of nitrogens with two attached hydrogens (primary N) is 1. The van der Waals surface area contributed by atoms with Gasteiger partial charge < -0.3 is 16.2 Å². The monoisotopic (exact) mass is 284 g/mol. The molecule has 0 radical (unpaired) electrons. The van der Waals surface area contributed by atoms with Gasteiger partial charge in [0.05, 0.1) is 16.9 Å². The lowest BCUT2D eigenvalue weighted by molar-refractivity contribution is 0.0698. The molecule has 21 heavy (non-hydrogen) atoms. The van der Waals surface area contributed by atoms with Gasteiger partial charge in [0.25, 0.3) is 0 Å². The molecule has 0 heterocycles. The number of hydrogen-bond acceptors (Lipinski definition) is 3. The summed E-state index contributed by atoms with van der Waals surface area (Å²) in [6.45, 7) is 6.33. The zero-order valence-corrected chi connectivity index (χ0v) is 12.5. The summed E-state index contributed by atoms with van der Waals surface area (Å²) in [6.07, 6.45) is 0. The Morgan fingerprint density at radius 3 is 2.38 bits per heavy atom. The molecule has 0 aliphatic heterocycles. The Bertz CT molecular complexity index is 673. The fourth-order valence-electron chi connectivity index (χ4n) is 2.27. The summed E-state index contributed by atoms with van der Waals surface area (Å²) in [5.74, 6) is -1.00. The number of nitrogen functional groups attached to an aromatic ring is 1.